The molecule has 0 fully saturated rings. The van der Waals surface area contributed by atoms with Crippen LogP contribution in [0.15, 0.2) is 53.8 Å². The van der Waals surface area contributed by atoms with Crippen molar-refractivity contribution in [2.45, 2.75) is 39.8 Å². The second-order valence-electron chi connectivity index (χ2n) is 8.96. The molecule has 10 heteroatoms. The highest BCUT2D eigenvalue weighted by molar-refractivity contribution is 7.15. The van der Waals surface area contributed by atoms with Crippen LogP contribution in [-0.4, -0.2) is 44.5 Å². The van der Waals surface area contributed by atoms with Gasteiger partial charge >= 0.3 is 0 Å². The van der Waals surface area contributed by atoms with Crippen molar-refractivity contribution in [1.82, 2.24) is 30.4 Å². The van der Waals surface area contributed by atoms with Gasteiger partial charge in [0.1, 0.15) is 10.8 Å². The van der Waals surface area contributed by atoms with E-state index in [1.165, 1.54) is 10.4 Å². The molecule has 1 aliphatic heterocycles. The number of carbonyl (C=O) groups excluding carboxylic acids is 1. The normalized spacial score (nSPS) is 14.5. The topological polar surface area (TPSA) is 97.1 Å². The Kier molecular flexibility index (Phi) is 7.45. The SMILES string of the molecule is Cc1sc2c(c1C)C(c1ccc(Cl)cc1)=NC(NCCNC(=O)CCc1cccnc1)c1nnc(C)n1-2. The summed E-state index contributed by atoms with van der Waals surface area (Å²) in [6.45, 7) is 7.21. The summed E-state index contributed by atoms with van der Waals surface area (Å²) >= 11 is 7.90. The van der Waals surface area contributed by atoms with E-state index in [0.717, 1.165) is 39.1 Å². The average Bonchev–Trinajstić information content (AvgIpc) is 3.37. The molecule has 190 valence electrons. The summed E-state index contributed by atoms with van der Waals surface area (Å²) in [4.78, 5) is 22.8. The van der Waals surface area contributed by atoms with Crippen LogP contribution in [0, 0.1) is 20.8 Å². The van der Waals surface area contributed by atoms with Crippen molar-refractivity contribution in [2.24, 2.45) is 4.99 Å². The van der Waals surface area contributed by atoms with E-state index in [1.54, 1.807) is 23.7 Å². The highest BCUT2D eigenvalue weighted by atomic mass is 35.5. The molecule has 37 heavy (non-hydrogen) atoms. The Balaban J connectivity index is 1.36. The van der Waals surface area contributed by atoms with Crippen LogP contribution in [-0.2, 0) is 11.2 Å². The number of pyridine rings is 1. The molecule has 1 amide bonds. The largest absolute Gasteiger partial charge is 0.355 e. The zero-order valence-electron chi connectivity index (χ0n) is 21.0. The lowest BCUT2D eigenvalue weighted by molar-refractivity contribution is -0.121. The first-order chi connectivity index (χ1) is 17.9. The molecular formula is C27H28ClN7OS. The van der Waals surface area contributed by atoms with E-state index in [-0.39, 0.29) is 5.91 Å². The smallest absolute Gasteiger partial charge is 0.220 e. The number of aryl methyl sites for hydroxylation is 3. The van der Waals surface area contributed by atoms with Crippen LogP contribution in [0.4, 0.5) is 0 Å². The Hall–Kier alpha value is -3.40. The van der Waals surface area contributed by atoms with Gasteiger partial charge in [-0.15, -0.1) is 21.5 Å². The van der Waals surface area contributed by atoms with Crippen molar-refractivity contribution in [3.05, 3.63) is 92.6 Å². The fourth-order valence-corrected chi connectivity index (χ4v) is 5.71. The van der Waals surface area contributed by atoms with E-state index in [4.69, 9.17) is 16.6 Å². The van der Waals surface area contributed by atoms with Gasteiger partial charge in [0.2, 0.25) is 5.91 Å². The maximum Gasteiger partial charge on any atom is 0.220 e. The van der Waals surface area contributed by atoms with Crippen molar-refractivity contribution in [1.29, 1.82) is 0 Å². The van der Waals surface area contributed by atoms with E-state index < -0.39 is 6.17 Å². The maximum absolute atomic E-state index is 12.3. The van der Waals surface area contributed by atoms with Crippen molar-refractivity contribution in [3.8, 4) is 5.00 Å². The third kappa shape index (κ3) is 5.34. The predicted molar refractivity (Wildman–Crippen MR) is 147 cm³/mol. The Labute approximate surface area is 224 Å². The summed E-state index contributed by atoms with van der Waals surface area (Å²) in [5, 5.41) is 17.1. The minimum absolute atomic E-state index is 0.00386. The number of hydrogen-bond donors (Lipinski definition) is 2. The van der Waals surface area contributed by atoms with Gasteiger partial charge in [0, 0.05) is 52.9 Å². The molecule has 4 aromatic rings. The molecule has 0 spiro atoms. The van der Waals surface area contributed by atoms with Gasteiger partial charge in [-0.2, -0.15) is 0 Å². The molecule has 0 saturated heterocycles. The first kappa shape index (κ1) is 25.3. The molecule has 5 rings (SSSR count). The number of rotatable bonds is 8. The van der Waals surface area contributed by atoms with Crippen LogP contribution < -0.4 is 10.6 Å². The van der Waals surface area contributed by atoms with Gasteiger partial charge < -0.3 is 5.32 Å². The van der Waals surface area contributed by atoms with E-state index >= 15 is 0 Å². The molecule has 2 N–H and O–H groups in total. The number of thiophene rings is 1. The van der Waals surface area contributed by atoms with Crippen LogP contribution in [0.3, 0.4) is 0 Å². The highest BCUT2D eigenvalue weighted by Crippen LogP contribution is 2.38. The average molecular weight is 534 g/mol. The van der Waals surface area contributed by atoms with Gasteiger partial charge in [-0.3, -0.25) is 24.7 Å². The quantitative estimate of drug-likeness (QED) is 0.325. The molecule has 8 nitrogen and oxygen atoms in total. The third-order valence-electron chi connectivity index (χ3n) is 6.43. The third-order valence-corrected chi connectivity index (χ3v) is 7.87. The van der Waals surface area contributed by atoms with E-state index in [9.17, 15) is 4.79 Å². The summed E-state index contributed by atoms with van der Waals surface area (Å²) in [6.07, 6.45) is 4.16. The van der Waals surface area contributed by atoms with Gasteiger partial charge in [-0.1, -0.05) is 29.8 Å². The number of fused-ring (bicyclic) bond motifs is 3. The van der Waals surface area contributed by atoms with Gasteiger partial charge in [-0.25, -0.2) is 0 Å². The van der Waals surface area contributed by atoms with Crippen molar-refractivity contribution < 1.29 is 4.79 Å². The van der Waals surface area contributed by atoms with Crippen molar-refractivity contribution in [2.75, 3.05) is 13.1 Å². The predicted octanol–water partition coefficient (Wildman–Crippen LogP) is 4.49. The monoisotopic (exact) mass is 533 g/mol. The van der Waals surface area contributed by atoms with E-state index in [0.29, 0.717) is 31.0 Å². The number of benzene rings is 1. The number of nitrogens with one attached hydrogen (secondary N) is 2. The number of hydrogen-bond acceptors (Lipinski definition) is 7. The summed E-state index contributed by atoms with van der Waals surface area (Å²) in [7, 11) is 0. The van der Waals surface area contributed by atoms with Crippen LogP contribution in [0.25, 0.3) is 5.00 Å². The Morgan fingerprint density at radius 2 is 1.92 bits per heavy atom. The molecular weight excluding hydrogens is 506 g/mol. The molecule has 0 aliphatic carbocycles. The number of halogens is 1. The summed E-state index contributed by atoms with van der Waals surface area (Å²) in [5.74, 6) is 1.54. The molecule has 1 atom stereocenters. The molecule has 1 aliphatic rings. The second kappa shape index (κ2) is 10.9. The standard InChI is InChI=1S/C27H28ClN7OS/c1-16-17(2)37-27-23(16)24(20-7-9-21(28)10-8-20)32-25(26-34-33-18(3)35(26)27)31-14-13-30-22(36)11-6-19-5-4-12-29-15-19/h4-5,7-10,12,15,25,31H,6,11,13-14H2,1-3H3,(H,30,36). The fourth-order valence-electron chi connectivity index (χ4n) is 4.37. The molecule has 3 aromatic heterocycles. The number of carbonyl (C=O) groups is 1. The number of aliphatic imine (C=N–C) groups is 1. The summed E-state index contributed by atoms with van der Waals surface area (Å²) < 4.78 is 2.09. The van der Waals surface area contributed by atoms with Crippen LogP contribution in [0.5, 0.6) is 0 Å². The molecule has 0 saturated carbocycles. The zero-order valence-corrected chi connectivity index (χ0v) is 22.5. The van der Waals surface area contributed by atoms with Crippen molar-refractivity contribution in [3.63, 3.8) is 0 Å². The van der Waals surface area contributed by atoms with Gasteiger partial charge in [0.05, 0.1) is 5.71 Å². The number of aromatic nitrogens is 4. The Morgan fingerprint density at radius 3 is 2.68 bits per heavy atom. The number of nitrogens with zero attached hydrogens (tertiary/aromatic N) is 5. The molecule has 1 unspecified atom stereocenters. The second-order valence-corrected chi connectivity index (χ2v) is 10.6. The minimum atomic E-state index is -0.432. The first-order valence-corrected chi connectivity index (χ1v) is 13.4. The highest BCUT2D eigenvalue weighted by Gasteiger charge is 2.31. The molecule has 0 bridgehead atoms. The van der Waals surface area contributed by atoms with Crippen LogP contribution >= 0.6 is 22.9 Å². The van der Waals surface area contributed by atoms with Gasteiger partial charge in [0.15, 0.2) is 12.0 Å². The van der Waals surface area contributed by atoms with Crippen LogP contribution in [0.2, 0.25) is 5.02 Å². The fraction of sp³-hybridized carbons (Fsp3) is 0.296. The zero-order chi connectivity index (χ0) is 25.9. The minimum Gasteiger partial charge on any atom is -0.355 e. The summed E-state index contributed by atoms with van der Waals surface area (Å²) in [6, 6.07) is 11.6. The van der Waals surface area contributed by atoms with Crippen molar-refractivity contribution >= 4 is 34.6 Å². The Morgan fingerprint density at radius 1 is 1.11 bits per heavy atom. The molecule has 4 heterocycles. The lowest BCUT2D eigenvalue weighted by Gasteiger charge is -2.15. The number of amides is 1. The van der Waals surface area contributed by atoms with Crippen LogP contribution in [0.1, 0.15) is 51.4 Å². The van der Waals surface area contributed by atoms with E-state index in [2.05, 4.69) is 44.2 Å². The van der Waals surface area contributed by atoms with Gasteiger partial charge in [0.25, 0.3) is 0 Å². The lowest BCUT2D eigenvalue weighted by Crippen LogP contribution is -2.34. The lowest BCUT2D eigenvalue weighted by atomic mass is 10.00. The first-order valence-electron chi connectivity index (χ1n) is 12.2. The Bertz CT molecular complexity index is 1440. The molecule has 0 radical (unpaired) electrons. The summed E-state index contributed by atoms with van der Waals surface area (Å²) in [5.41, 5.74) is 5.19. The molecule has 1 aromatic carbocycles. The maximum atomic E-state index is 12.3. The van der Waals surface area contributed by atoms with E-state index in [1.807, 2.05) is 43.3 Å². The van der Waals surface area contributed by atoms with Gasteiger partial charge in [-0.05, 0) is 56.5 Å².